The molecule has 7 heteroatoms. The summed E-state index contributed by atoms with van der Waals surface area (Å²) in [5, 5.41) is 0. The van der Waals surface area contributed by atoms with Crippen molar-refractivity contribution in [2.24, 2.45) is 5.92 Å². The number of piperidine rings is 1. The fourth-order valence-corrected chi connectivity index (χ4v) is 3.51. The Morgan fingerprint density at radius 1 is 1.23 bits per heavy atom. The zero-order chi connectivity index (χ0) is 21.9. The Labute approximate surface area is 179 Å². The fraction of sp³-hybridized carbons (Fsp3) is 0.609. The van der Waals surface area contributed by atoms with E-state index in [1.165, 1.54) is 4.90 Å². The predicted octanol–water partition coefficient (Wildman–Crippen LogP) is 2.80. The van der Waals surface area contributed by atoms with Crippen molar-refractivity contribution < 1.29 is 23.9 Å². The molecule has 0 aromatic heterocycles. The van der Waals surface area contributed by atoms with Crippen molar-refractivity contribution >= 4 is 17.8 Å². The lowest BCUT2D eigenvalue weighted by molar-refractivity contribution is -0.152. The Morgan fingerprint density at radius 2 is 2.03 bits per heavy atom. The first-order chi connectivity index (χ1) is 14.4. The number of aryl methyl sites for hydroxylation is 1. The maximum absolute atomic E-state index is 12.6. The Bertz CT molecular complexity index is 721. The number of carbonyl (C=O) groups excluding carboxylic acids is 3. The third-order valence-corrected chi connectivity index (χ3v) is 5.24. The Morgan fingerprint density at radius 3 is 2.77 bits per heavy atom. The predicted molar refractivity (Wildman–Crippen MR) is 114 cm³/mol. The number of rotatable bonds is 10. The molecule has 0 saturated carbocycles. The minimum Gasteiger partial charge on any atom is -0.494 e. The Kier molecular flexibility index (Phi) is 9.64. The molecular weight excluding hydrogens is 384 g/mol. The summed E-state index contributed by atoms with van der Waals surface area (Å²) in [5.41, 5.74) is 1.15. The number of likely N-dealkylation sites (N-methyl/N-ethyl adjacent to an activating group) is 1. The van der Waals surface area contributed by atoms with E-state index < -0.39 is 0 Å². The van der Waals surface area contributed by atoms with E-state index in [0.29, 0.717) is 39.1 Å². The second kappa shape index (κ2) is 12.2. The number of ether oxygens (including phenoxy) is 2. The third-order valence-electron chi connectivity index (χ3n) is 5.24. The number of hydrogen-bond donors (Lipinski definition) is 0. The number of esters is 1. The van der Waals surface area contributed by atoms with Crippen molar-refractivity contribution in [3.05, 3.63) is 29.8 Å². The van der Waals surface area contributed by atoms with Crippen molar-refractivity contribution in [3.8, 4) is 5.75 Å². The molecule has 1 aromatic carbocycles. The van der Waals surface area contributed by atoms with E-state index in [0.717, 1.165) is 30.6 Å². The summed E-state index contributed by atoms with van der Waals surface area (Å²) in [4.78, 5) is 40.0. The topological polar surface area (TPSA) is 76.2 Å². The van der Waals surface area contributed by atoms with Crippen LogP contribution in [-0.4, -0.2) is 67.5 Å². The van der Waals surface area contributed by atoms with Crippen LogP contribution >= 0.6 is 0 Å². The van der Waals surface area contributed by atoms with Crippen LogP contribution in [0.1, 0.15) is 44.6 Å². The summed E-state index contributed by atoms with van der Waals surface area (Å²) < 4.78 is 10.8. The number of likely N-dealkylation sites (tertiary alicyclic amines) is 1. The van der Waals surface area contributed by atoms with Crippen molar-refractivity contribution in [2.45, 2.75) is 46.0 Å². The number of nitrogens with zero attached hydrogens (tertiary/aromatic N) is 2. The van der Waals surface area contributed by atoms with Gasteiger partial charge in [0, 0.05) is 26.6 Å². The van der Waals surface area contributed by atoms with Crippen molar-refractivity contribution in [1.29, 1.82) is 0 Å². The minimum atomic E-state index is -0.267. The molecule has 1 atom stereocenters. The van der Waals surface area contributed by atoms with Crippen molar-refractivity contribution in [3.63, 3.8) is 0 Å². The van der Waals surface area contributed by atoms with Crippen LogP contribution in [0, 0.1) is 12.8 Å². The quantitative estimate of drug-likeness (QED) is 0.431. The average molecular weight is 419 g/mol. The summed E-state index contributed by atoms with van der Waals surface area (Å²) in [7, 11) is 1.65. The molecule has 0 radical (unpaired) electrons. The molecule has 1 aliphatic rings. The van der Waals surface area contributed by atoms with Gasteiger partial charge in [-0.1, -0.05) is 12.1 Å². The molecule has 0 N–H and O–H groups in total. The van der Waals surface area contributed by atoms with Gasteiger partial charge in [-0.05, 0) is 57.2 Å². The minimum absolute atomic E-state index is 0.0359. The molecule has 0 spiro atoms. The molecule has 0 bridgehead atoms. The summed E-state index contributed by atoms with van der Waals surface area (Å²) in [6, 6.07) is 7.88. The highest BCUT2D eigenvalue weighted by atomic mass is 16.5. The van der Waals surface area contributed by atoms with Crippen LogP contribution in [0.5, 0.6) is 5.75 Å². The molecular formula is C23H34N2O5. The lowest BCUT2D eigenvalue weighted by Crippen LogP contribution is -2.47. The van der Waals surface area contributed by atoms with Gasteiger partial charge in [0.15, 0.2) is 0 Å². The molecule has 1 aromatic rings. The molecule has 2 rings (SSSR count). The monoisotopic (exact) mass is 418 g/mol. The van der Waals surface area contributed by atoms with Gasteiger partial charge in [0.2, 0.25) is 11.8 Å². The van der Waals surface area contributed by atoms with E-state index in [2.05, 4.69) is 0 Å². The summed E-state index contributed by atoms with van der Waals surface area (Å²) in [6.07, 6.45) is 3.37. The molecule has 1 fully saturated rings. The first-order valence-electron chi connectivity index (χ1n) is 10.8. The molecule has 1 unspecified atom stereocenters. The fourth-order valence-electron chi connectivity index (χ4n) is 3.51. The number of hydrogen-bond acceptors (Lipinski definition) is 5. The highest BCUT2D eigenvalue weighted by Crippen LogP contribution is 2.18. The van der Waals surface area contributed by atoms with Crippen LogP contribution in [0.4, 0.5) is 0 Å². The summed E-state index contributed by atoms with van der Waals surface area (Å²) in [5.74, 6) is 0.150. The maximum Gasteiger partial charge on any atom is 0.310 e. The zero-order valence-corrected chi connectivity index (χ0v) is 18.4. The van der Waals surface area contributed by atoms with E-state index in [-0.39, 0.29) is 30.2 Å². The average Bonchev–Trinajstić information content (AvgIpc) is 2.73. The molecule has 1 heterocycles. The first kappa shape index (κ1) is 23.7. The van der Waals surface area contributed by atoms with Gasteiger partial charge in [0.1, 0.15) is 5.75 Å². The third kappa shape index (κ3) is 7.69. The maximum atomic E-state index is 12.6. The van der Waals surface area contributed by atoms with Crippen LogP contribution in [0.3, 0.4) is 0 Å². The van der Waals surface area contributed by atoms with E-state index in [9.17, 15) is 14.4 Å². The van der Waals surface area contributed by atoms with Gasteiger partial charge < -0.3 is 19.3 Å². The van der Waals surface area contributed by atoms with E-state index in [4.69, 9.17) is 9.47 Å². The van der Waals surface area contributed by atoms with Crippen LogP contribution in [-0.2, 0) is 19.1 Å². The Balaban J connectivity index is 1.66. The van der Waals surface area contributed by atoms with Crippen molar-refractivity contribution in [1.82, 2.24) is 9.80 Å². The summed E-state index contributed by atoms with van der Waals surface area (Å²) >= 11 is 0. The first-order valence-corrected chi connectivity index (χ1v) is 10.8. The van der Waals surface area contributed by atoms with Gasteiger partial charge in [-0.15, -0.1) is 0 Å². The molecule has 2 amide bonds. The molecule has 1 saturated heterocycles. The van der Waals surface area contributed by atoms with Gasteiger partial charge in [-0.2, -0.15) is 0 Å². The second-order valence-electron chi connectivity index (χ2n) is 7.80. The van der Waals surface area contributed by atoms with Gasteiger partial charge in [0.25, 0.3) is 0 Å². The van der Waals surface area contributed by atoms with Crippen LogP contribution in [0.25, 0.3) is 0 Å². The highest BCUT2D eigenvalue weighted by Gasteiger charge is 2.30. The number of benzene rings is 1. The van der Waals surface area contributed by atoms with Crippen LogP contribution in [0.2, 0.25) is 0 Å². The SMILES string of the molecule is CCOC(=O)C1CCCN(C(=O)CN(C)C(=O)CCCCOc2cccc(C)c2)C1. The largest absolute Gasteiger partial charge is 0.494 e. The lowest BCUT2D eigenvalue weighted by atomic mass is 9.98. The smallest absolute Gasteiger partial charge is 0.310 e. The Hall–Kier alpha value is -2.57. The molecule has 166 valence electrons. The van der Waals surface area contributed by atoms with E-state index in [1.54, 1.807) is 18.9 Å². The highest BCUT2D eigenvalue weighted by molar-refractivity contribution is 5.85. The lowest BCUT2D eigenvalue weighted by Gasteiger charge is -2.32. The van der Waals surface area contributed by atoms with Crippen molar-refractivity contribution in [2.75, 3.05) is 39.9 Å². The van der Waals surface area contributed by atoms with Gasteiger partial charge in [-0.3, -0.25) is 14.4 Å². The molecule has 0 aliphatic carbocycles. The van der Waals surface area contributed by atoms with Gasteiger partial charge >= 0.3 is 5.97 Å². The molecule has 1 aliphatic heterocycles. The molecule has 30 heavy (non-hydrogen) atoms. The normalized spacial score (nSPS) is 16.1. The number of carbonyl (C=O) groups is 3. The number of unbranched alkanes of at least 4 members (excludes halogenated alkanes) is 1. The van der Waals surface area contributed by atoms with Gasteiger partial charge in [0.05, 0.1) is 25.7 Å². The van der Waals surface area contributed by atoms with E-state index >= 15 is 0 Å². The second-order valence-corrected chi connectivity index (χ2v) is 7.80. The summed E-state index contributed by atoms with van der Waals surface area (Å²) in [6.45, 7) is 5.72. The van der Waals surface area contributed by atoms with Crippen LogP contribution < -0.4 is 4.74 Å². The van der Waals surface area contributed by atoms with Crippen LogP contribution in [0.15, 0.2) is 24.3 Å². The number of amides is 2. The van der Waals surface area contributed by atoms with E-state index in [1.807, 2.05) is 31.2 Å². The zero-order valence-electron chi connectivity index (χ0n) is 18.4. The standard InChI is InChI=1S/C23H34N2O5/c1-4-29-23(28)19-10-8-13-25(16-19)22(27)17-24(3)21(26)12-5-6-14-30-20-11-7-9-18(2)15-20/h7,9,11,15,19H,4-6,8,10,12-14,16-17H2,1-3H3. The molecule has 7 nitrogen and oxygen atoms in total. The van der Waals surface area contributed by atoms with Gasteiger partial charge in [-0.25, -0.2) is 0 Å².